The fourth-order valence-corrected chi connectivity index (χ4v) is 7.05. The van der Waals surface area contributed by atoms with Gasteiger partial charge in [0, 0.05) is 12.2 Å². The third-order valence-electron chi connectivity index (χ3n) is 9.12. The lowest BCUT2D eigenvalue weighted by Crippen LogP contribution is -2.16. The first kappa shape index (κ1) is 25.6. The molecule has 1 aliphatic carbocycles. The van der Waals surface area contributed by atoms with Crippen LogP contribution in [0.5, 0.6) is 0 Å². The summed E-state index contributed by atoms with van der Waals surface area (Å²) in [7, 11) is 0. The van der Waals surface area contributed by atoms with Crippen molar-refractivity contribution in [3.8, 4) is 22.3 Å². The van der Waals surface area contributed by atoms with Crippen LogP contribution in [-0.4, -0.2) is 6.54 Å². The van der Waals surface area contributed by atoms with E-state index in [1.54, 1.807) is 0 Å². The number of hydrogen-bond donors (Lipinski definition) is 1. The second kappa shape index (κ2) is 10.6. The molecule has 1 aliphatic heterocycles. The molecule has 8 rings (SSSR count). The molecule has 0 atom stereocenters. The van der Waals surface area contributed by atoms with Gasteiger partial charge in [-0.15, -0.1) is 0 Å². The van der Waals surface area contributed by atoms with Gasteiger partial charge < -0.3 is 5.32 Å². The Labute approximate surface area is 253 Å². The minimum atomic E-state index is 0.872. The quantitative estimate of drug-likeness (QED) is 0.215. The summed E-state index contributed by atoms with van der Waals surface area (Å²) in [5, 5.41) is 8.83. The SMILES string of the molecule is CC1=C(c2cccc(-c3ccc(-c4c5ccccc5c(C5=Cc6ccccc6CC5)c5ccccc45)cc3)c2)NCC=C1. The molecule has 0 saturated carbocycles. The topological polar surface area (TPSA) is 12.0 Å². The number of rotatable bonds is 4. The summed E-state index contributed by atoms with van der Waals surface area (Å²) in [6.07, 6.45) is 8.94. The first-order valence-corrected chi connectivity index (χ1v) is 15.3. The number of fused-ring (bicyclic) bond motifs is 3. The van der Waals surface area contributed by atoms with Crippen LogP contribution in [0, 0.1) is 0 Å². The highest BCUT2D eigenvalue weighted by Gasteiger charge is 2.20. The molecule has 0 bridgehead atoms. The Hall–Kier alpha value is -5.14. The molecule has 206 valence electrons. The fraction of sp³-hybridized carbons (Fsp3) is 0.0952. The van der Waals surface area contributed by atoms with Gasteiger partial charge in [-0.1, -0.05) is 133 Å². The third kappa shape index (κ3) is 4.49. The molecular formula is C42H33N. The van der Waals surface area contributed by atoms with Crippen LogP contribution in [0.15, 0.2) is 139 Å². The summed E-state index contributed by atoms with van der Waals surface area (Å²) >= 11 is 0. The van der Waals surface area contributed by atoms with Crippen molar-refractivity contribution in [1.82, 2.24) is 5.32 Å². The number of hydrogen-bond acceptors (Lipinski definition) is 1. The van der Waals surface area contributed by atoms with E-state index in [2.05, 4.69) is 152 Å². The second-order valence-electron chi connectivity index (χ2n) is 11.7. The summed E-state index contributed by atoms with van der Waals surface area (Å²) < 4.78 is 0. The van der Waals surface area contributed by atoms with Crippen molar-refractivity contribution in [3.63, 3.8) is 0 Å². The second-order valence-corrected chi connectivity index (χ2v) is 11.7. The van der Waals surface area contributed by atoms with E-state index < -0.39 is 0 Å². The van der Waals surface area contributed by atoms with Crippen LogP contribution in [0.25, 0.3) is 61.1 Å². The Morgan fingerprint density at radius 2 is 1.16 bits per heavy atom. The van der Waals surface area contributed by atoms with Gasteiger partial charge in [0.1, 0.15) is 0 Å². The Kier molecular flexibility index (Phi) is 6.30. The van der Waals surface area contributed by atoms with Gasteiger partial charge in [0.15, 0.2) is 0 Å². The first-order chi connectivity index (χ1) is 21.2. The fourth-order valence-electron chi connectivity index (χ4n) is 7.05. The molecule has 0 radical (unpaired) electrons. The molecule has 6 aromatic carbocycles. The van der Waals surface area contributed by atoms with E-state index >= 15 is 0 Å². The molecule has 0 unspecified atom stereocenters. The maximum Gasteiger partial charge on any atom is 0.0446 e. The molecule has 1 heterocycles. The molecule has 0 spiro atoms. The van der Waals surface area contributed by atoms with Crippen LogP contribution in [0.4, 0.5) is 0 Å². The van der Waals surface area contributed by atoms with Gasteiger partial charge in [0.2, 0.25) is 0 Å². The molecule has 0 amide bonds. The third-order valence-corrected chi connectivity index (χ3v) is 9.12. The number of allylic oxidation sites excluding steroid dienone is 3. The zero-order valence-electron chi connectivity index (χ0n) is 24.4. The molecule has 1 N–H and O–H groups in total. The molecule has 0 saturated heterocycles. The molecular weight excluding hydrogens is 518 g/mol. The zero-order chi connectivity index (χ0) is 28.8. The Balaban J connectivity index is 1.26. The number of benzene rings is 6. The van der Waals surface area contributed by atoms with Crippen LogP contribution in [0.2, 0.25) is 0 Å². The van der Waals surface area contributed by atoms with Crippen molar-refractivity contribution in [2.45, 2.75) is 19.8 Å². The smallest absolute Gasteiger partial charge is 0.0446 e. The van der Waals surface area contributed by atoms with Gasteiger partial charge in [0.05, 0.1) is 0 Å². The molecule has 2 aliphatic rings. The van der Waals surface area contributed by atoms with Gasteiger partial charge >= 0.3 is 0 Å². The summed E-state index contributed by atoms with van der Waals surface area (Å²) in [5.74, 6) is 0. The predicted octanol–water partition coefficient (Wildman–Crippen LogP) is 10.7. The highest BCUT2D eigenvalue weighted by atomic mass is 14.9. The van der Waals surface area contributed by atoms with E-state index in [0.717, 1.165) is 19.4 Å². The Bertz CT molecular complexity index is 2060. The largest absolute Gasteiger partial charge is 0.381 e. The van der Waals surface area contributed by atoms with Gasteiger partial charge in [-0.2, -0.15) is 0 Å². The van der Waals surface area contributed by atoms with Crippen molar-refractivity contribution in [1.29, 1.82) is 0 Å². The standard InChI is InChI=1S/C42H33N/c1-28-10-9-25-43-42(28)35-14-8-13-33(27-35)30-19-22-31(23-20-30)40-36-15-4-6-17-38(36)41(39-18-7-5-16-37(39)40)34-24-21-29-11-2-3-12-32(29)26-34/h2-20,22-23,26-27,43H,21,24-25H2,1H3. The van der Waals surface area contributed by atoms with E-state index in [4.69, 9.17) is 0 Å². The number of dihydropyridines is 1. The monoisotopic (exact) mass is 551 g/mol. The van der Waals surface area contributed by atoms with E-state index in [-0.39, 0.29) is 0 Å². The molecule has 0 aromatic heterocycles. The van der Waals surface area contributed by atoms with Crippen LogP contribution >= 0.6 is 0 Å². The maximum absolute atomic E-state index is 3.55. The summed E-state index contributed by atoms with van der Waals surface area (Å²) in [6, 6.07) is 44.8. The number of aryl methyl sites for hydroxylation is 1. The van der Waals surface area contributed by atoms with Crippen LogP contribution < -0.4 is 5.32 Å². The van der Waals surface area contributed by atoms with E-state index in [1.807, 2.05) is 0 Å². The average molecular weight is 552 g/mol. The summed E-state index contributed by atoms with van der Waals surface area (Å²) in [4.78, 5) is 0. The molecule has 6 aromatic rings. The zero-order valence-corrected chi connectivity index (χ0v) is 24.4. The Morgan fingerprint density at radius 1 is 0.535 bits per heavy atom. The van der Waals surface area contributed by atoms with Gasteiger partial charge in [0.25, 0.3) is 0 Å². The normalized spacial score (nSPS) is 14.5. The lowest BCUT2D eigenvalue weighted by atomic mass is 9.81. The minimum absolute atomic E-state index is 0.872. The van der Waals surface area contributed by atoms with Gasteiger partial charge in [-0.25, -0.2) is 0 Å². The summed E-state index contributed by atoms with van der Waals surface area (Å²) in [5.41, 5.74) is 14.4. The highest BCUT2D eigenvalue weighted by Crippen LogP contribution is 2.44. The van der Waals surface area contributed by atoms with Crippen molar-refractivity contribution in [2.24, 2.45) is 0 Å². The lowest BCUT2D eigenvalue weighted by molar-refractivity contribution is 0.980. The molecule has 0 fully saturated rings. The highest BCUT2D eigenvalue weighted by molar-refractivity contribution is 6.19. The predicted molar refractivity (Wildman–Crippen MR) is 185 cm³/mol. The van der Waals surface area contributed by atoms with E-state index in [1.165, 1.54) is 82.9 Å². The van der Waals surface area contributed by atoms with Crippen LogP contribution in [0.1, 0.15) is 35.6 Å². The first-order valence-electron chi connectivity index (χ1n) is 15.3. The van der Waals surface area contributed by atoms with Gasteiger partial charge in [-0.05, 0) is 103 Å². The Morgan fingerprint density at radius 3 is 1.88 bits per heavy atom. The lowest BCUT2D eigenvalue weighted by Gasteiger charge is -2.22. The van der Waals surface area contributed by atoms with Crippen molar-refractivity contribution < 1.29 is 0 Å². The summed E-state index contributed by atoms with van der Waals surface area (Å²) in [6.45, 7) is 3.04. The number of nitrogens with one attached hydrogen (secondary N) is 1. The van der Waals surface area contributed by atoms with Crippen LogP contribution in [-0.2, 0) is 6.42 Å². The van der Waals surface area contributed by atoms with E-state index in [9.17, 15) is 0 Å². The van der Waals surface area contributed by atoms with Crippen LogP contribution in [0.3, 0.4) is 0 Å². The molecule has 1 heteroatoms. The molecule has 1 nitrogen and oxygen atoms in total. The van der Waals surface area contributed by atoms with E-state index in [0.29, 0.717) is 0 Å². The minimum Gasteiger partial charge on any atom is -0.381 e. The van der Waals surface area contributed by atoms with Crippen molar-refractivity contribution in [2.75, 3.05) is 6.54 Å². The van der Waals surface area contributed by atoms with Crippen molar-refractivity contribution >= 4 is 38.9 Å². The van der Waals surface area contributed by atoms with Crippen molar-refractivity contribution in [3.05, 3.63) is 161 Å². The van der Waals surface area contributed by atoms with Gasteiger partial charge in [-0.3, -0.25) is 0 Å². The molecule has 43 heavy (non-hydrogen) atoms. The average Bonchev–Trinajstić information content (AvgIpc) is 3.07. The maximum atomic E-state index is 3.55.